The Bertz CT molecular complexity index is 1480. The Morgan fingerprint density at radius 3 is 2.68 bits per heavy atom. The van der Waals surface area contributed by atoms with Gasteiger partial charge in [-0.15, -0.1) is 6.58 Å². The first-order valence-electron chi connectivity index (χ1n) is 14.6. The minimum Gasteiger partial charge on any atom is -0.495 e. The van der Waals surface area contributed by atoms with Gasteiger partial charge in [0.15, 0.2) is 5.78 Å². The van der Waals surface area contributed by atoms with E-state index in [-0.39, 0.29) is 40.5 Å². The van der Waals surface area contributed by atoms with E-state index in [9.17, 15) is 13.2 Å². The Morgan fingerprint density at radius 1 is 1.27 bits per heavy atom. The molecule has 2 aliphatic rings. The maximum Gasteiger partial charge on any atom is 0.283 e. The number of rotatable bonds is 16. The highest BCUT2D eigenvalue weighted by Crippen LogP contribution is 2.52. The second-order valence-corrected chi connectivity index (χ2v) is 13.9. The van der Waals surface area contributed by atoms with Gasteiger partial charge >= 0.3 is 0 Å². The van der Waals surface area contributed by atoms with E-state index >= 15 is 8.78 Å². The van der Waals surface area contributed by atoms with Crippen molar-refractivity contribution in [3.8, 4) is 11.6 Å². The monoisotopic (exact) mass is 655 g/mol. The molecule has 0 saturated heterocycles. The summed E-state index contributed by atoms with van der Waals surface area (Å²) in [5, 5.41) is 3.16. The summed E-state index contributed by atoms with van der Waals surface area (Å²) in [6, 6.07) is 2.73. The van der Waals surface area contributed by atoms with E-state index in [1.165, 1.54) is 19.2 Å². The van der Waals surface area contributed by atoms with Crippen molar-refractivity contribution < 1.29 is 31.5 Å². The number of halogens is 3. The molecular formula is C30H40ClF2N5O5S. The average Bonchev–Trinajstić information content (AvgIpc) is 3.62. The van der Waals surface area contributed by atoms with Gasteiger partial charge in [0.1, 0.15) is 17.4 Å². The maximum absolute atomic E-state index is 15.2. The van der Waals surface area contributed by atoms with Gasteiger partial charge in [0, 0.05) is 36.6 Å². The topological polar surface area (TPSA) is 123 Å². The number of benzene rings is 1. The van der Waals surface area contributed by atoms with Crippen LogP contribution >= 0.6 is 11.6 Å². The molecule has 242 valence electrons. The third-order valence-electron chi connectivity index (χ3n) is 7.94. The molecule has 2 fully saturated rings. The summed E-state index contributed by atoms with van der Waals surface area (Å²) in [5.74, 6) is -3.62. The van der Waals surface area contributed by atoms with Crippen molar-refractivity contribution in [3.05, 3.63) is 47.1 Å². The Balaban J connectivity index is 1.58. The molecule has 2 aromatic rings. The van der Waals surface area contributed by atoms with Crippen LogP contribution < -0.4 is 19.5 Å². The lowest BCUT2D eigenvalue weighted by Gasteiger charge is -2.25. The van der Waals surface area contributed by atoms with Crippen molar-refractivity contribution in [2.75, 3.05) is 39.3 Å². The lowest BCUT2D eigenvalue weighted by Crippen LogP contribution is -2.30. The second kappa shape index (κ2) is 14.1. The maximum atomic E-state index is 15.2. The highest BCUT2D eigenvalue weighted by Gasteiger charge is 2.58. The predicted molar refractivity (Wildman–Crippen MR) is 166 cm³/mol. The molecule has 10 nitrogen and oxygen atoms in total. The molecule has 0 aliphatic heterocycles. The minimum atomic E-state index is -3.44. The summed E-state index contributed by atoms with van der Waals surface area (Å²) in [4.78, 5) is 23.4. The summed E-state index contributed by atoms with van der Waals surface area (Å²) in [7, 11) is 1.94. The van der Waals surface area contributed by atoms with Gasteiger partial charge in [0.25, 0.3) is 5.92 Å². The molecular weight excluding hydrogens is 616 g/mol. The SMILES string of the molecule is C=CCC(F)(F)c1cnc(Nc2cc(Cl)c(C(=O)CCCCN(C)C)cc2OC)nc1OC1CCCC2C(NS(C)(=O)=O)C12. The fourth-order valence-electron chi connectivity index (χ4n) is 5.78. The smallest absolute Gasteiger partial charge is 0.283 e. The van der Waals surface area contributed by atoms with Crippen LogP contribution in [0.25, 0.3) is 0 Å². The average molecular weight is 656 g/mol. The number of carbonyl (C=O) groups excluding carboxylic acids is 1. The van der Waals surface area contributed by atoms with E-state index in [0.29, 0.717) is 36.3 Å². The van der Waals surface area contributed by atoms with Crippen molar-refractivity contribution in [1.29, 1.82) is 0 Å². The molecule has 2 aliphatic carbocycles. The number of carbonyl (C=O) groups is 1. The van der Waals surface area contributed by atoms with Crippen LogP contribution in [0.2, 0.25) is 5.02 Å². The van der Waals surface area contributed by atoms with E-state index < -0.39 is 34.0 Å². The van der Waals surface area contributed by atoms with Gasteiger partial charge in [-0.2, -0.15) is 4.98 Å². The zero-order valence-corrected chi connectivity index (χ0v) is 27.0. The Labute approximate surface area is 262 Å². The Morgan fingerprint density at radius 2 is 2.02 bits per heavy atom. The summed E-state index contributed by atoms with van der Waals surface area (Å²) in [6.07, 6.45) is 6.11. The summed E-state index contributed by atoms with van der Waals surface area (Å²) in [6.45, 7) is 4.31. The van der Waals surface area contributed by atoms with Gasteiger partial charge < -0.3 is 19.7 Å². The molecule has 14 heteroatoms. The van der Waals surface area contributed by atoms with Crippen molar-refractivity contribution in [2.24, 2.45) is 11.8 Å². The van der Waals surface area contributed by atoms with Crippen LogP contribution in [-0.4, -0.2) is 75.2 Å². The normalized spacial score (nSPS) is 21.5. The molecule has 1 aromatic heterocycles. The van der Waals surface area contributed by atoms with Crippen LogP contribution in [-0.2, 0) is 15.9 Å². The van der Waals surface area contributed by atoms with Crippen molar-refractivity contribution in [2.45, 2.75) is 63.0 Å². The molecule has 4 unspecified atom stereocenters. The molecule has 44 heavy (non-hydrogen) atoms. The largest absolute Gasteiger partial charge is 0.495 e. The third-order valence-corrected chi connectivity index (χ3v) is 8.95. The number of nitrogens with zero attached hydrogens (tertiary/aromatic N) is 3. The number of allylic oxidation sites excluding steroid dienone is 1. The van der Waals surface area contributed by atoms with Gasteiger partial charge in [-0.25, -0.2) is 26.9 Å². The van der Waals surface area contributed by atoms with Gasteiger partial charge in [0.2, 0.25) is 21.9 Å². The molecule has 0 spiro atoms. The fourth-order valence-corrected chi connectivity index (χ4v) is 6.88. The number of ketones is 1. The van der Waals surface area contributed by atoms with E-state index in [1.54, 1.807) is 0 Å². The van der Waals surface area contributed by atoms with Gasteiger partial charge in [-0.3, -0.25) is 4.79 Å². The standard InChI is InChI=1S/C30H40ClF2N5O5S/c1-6-13-30(32,33)20-17-34-29(36-28(20)43-24-12-9-10-18-26(24)27(18)37-44(5,40)41)35-22-16-21(31)19(15-25(22)42-4)23(39)11-7-8-14-38(2)3/h6,15-18,24,26-27,37H,1,7-14H2,2-5H3,(H,34,35,36). The molecule has 2 saturated carbocycles. The number of hydrogen-bond acceptors (Lipinski definition) is 9. The van der Waals surface area contributed by atoms with Crippen molar-refractivity contribution in [3.63, 3.8) is 0 Å². The summed E-state index contributed by atoms with van der Waals surface area (Å²) in [5.41, 5.74) is 0.144. The number of fused-ring (bicyclic) bond motifs is 1. The predicted octanol–water partition coefficient (Wildman–Crippen LogP) is 5.56. The van der Waals surface area contributed by atoms with E-state index in [2.05, 4.69) is 31.5 Å². The van der Waals surface area contributed by atoms with Gasteiger partial charge in [-0.05, 0) is 70.8 Å². The highest BCUT2D eigenvalue weighted by molar-refractivity contribution is 7.88. The van der Waals surface area contributed by atoms with Crippen molar-refractivity contribution >= 4 is 39.0 Å². The summed E-state index contributed by atoms with van der Waals surface area (Å²) < 4.78 is 68.3. The number of ether oxygens (including phenoxy) is 2. The Hall–Kier alpha value is -2.87. The number of nitrogens with one attached hydrogen (secondary N) is 2. The lowest BCUT2D eigenvalue weighted by atomic mass is 9.97. The third kappa shape index (κ3) is 8.43. The van der Waals surface area contributed by atoms with Crippen LogP contribution in [0.4, 0.5) is 20.4 Å². The van der Waals surface area contributed by atoms with E-state index in [1.807, 2.05) is 14.1 Å². The zero-order chi connectivity index (χ0) is 32.2. The molecule has 1 aromatic carbocycles. The number of hydrogen-bond donors (Lipinski definition) is 2. The fraction of sp³-hybridized carbons (Fsp3) is 0.567. The van der Waals surface area contributed by atoms with E-state index in [4.69, 9.17) is 21.1 Å². The molecule has 0 amide bonds. The molecule has 4 rings (SSSR count). The van der Waals surface area contributed by atoms with Crippen molar-refractivity contribution in [1.82, 2.24) is 19.6 Å². The van der Waals surface area contributed by atoms with Crippen LogP contribution in [0.5, 0.6) is 11.6 Å². The van der Waals surface area contributed by atoms with E-state index in [0.717, 1.165) is 44.3 Å². The number of Topliss-reactive ketones (excluding diaryl/α,β-unsaturated/α-hetero) is 1. The molecule has 4 atom stereocenters. The van der Waals surface area contributed by atoms with Crippen LogP contribution in [0.3, 0.4) is 0 Å². The zero-order valence-electron chi connectivity index (χ0n) is 25.4. The first-order valence-corrected chi connectivity index (χ1v) is 16.8. The number of aromatic nitrogens is 2. The molecule has 0 bridgehead atoms. The summed E-state index contributed by atoms with van der Waals surface area (Å²) >= 11 is 6.50. The number of methoxy groups -OCH3 is 1. The molecule has 0 radical (unpaired) electrons. The van der Waals surface area contributed by atoms with Crippen LogP contribution in [0.15, 0.2) is 31.0 Å². The van der Waals surface area contributed by atoms with Crippen LogP contribution in [0, 0.1) is 11.8 Å². The quantitative estimate of drug-likeness (QED) is 0.136. The lowest BCUT2D eigenvalue weighted by molar-refractivity contribution is -0.00699. The first kappa shape index (κ1) is 34.0. The second-order valence-electron chi connectivity index (χ2n) is 11.7. The first-order chi connectivity index (χ1) is 20.7. The highest BCUT2D eigenvalue weighted by atomic mass is 35.5. The van der Waals surface area contributed by atoms with Gasteiger partial charge in [0.05, 0.1) is 24.1 Å². The molecule has 1 heterocycles. The number of sulfonamides is 1. The molecule has 2 N–H and O–H groups in total. The van der Waals surface area contributed by atoms with Gasteiger partial charge in [-0.1, -0.05) is 17.7 Å². The minimum absolute atomic E-state index is 0.0516. The number of alkyl halides is 2. The number of anilines is 2. The number of unbranched alkanes of at least 4 members (excludes halogenated alkanes) is 1. The Kier molecular flexibility index (Phi) is 10.9. The van der Waals surface area contributed by atoms with Crippen LogP contribution in [0.1, 0.15) is 60.9 Å².